The van der Waals surface area contributed by atoms with Gasteiger partial charge in [-0.25, -0.2) is 39.9 Å². The van der Waals surface area contributed by atoms with Crippen molar-refractivity contribution in [3.63, 3.8) is 0 Å². The Hall–Kier alpha value is -4.92. The third-order valence-corrected chi connectivity index (χ3v) is 11.3. The van der Waals surface area contributed by atoms with Crippen LogP contribution in [0.3, 0.4) is 0 Å². The van der Waals surface area contributed by atoms with Crippen LogP contribution in [-0.2, 0) is 0 Å². The number of pyridine rings is 2. The first-order valence-electron chi connectivity index (χ1n) is 19.8. The molecule has 8 aromatic heterocycles. The Balaban J connectivity index is 0.000000148. The van der Waals surface area contributed by atoms with Crippen molar-refractivity contribution in [1.29, 1.82) is 0 Å². The van der Waals surface area contributed by atoms with Gasteiger partial charge in [-0.05, 0) is 108 Å². The average molecular weight is 903 g/mol. The van der Waals surface area contributed by atoms with Crippen LogP contribution in [0.15, 0.2) is 60.9 Å². The molecule has 0 aliphatic heterocycles. The minimum Gasteiger partial charge on any atom is -0.304 e. The Morgan fingerprint density at radius 3 is 1.43 bits per heavy atom. The topological polar surface area (TPSA) is 148 Å². The molecule has 296 valence electrons. The molecule has 0 amide bonds. The summed E-state index contributed by atoms with van der Waals surface area (Å²) < 4.78 is 9.07. The summed E-state index contributed by atoms with van der Waals surface area (Å²) in [6, 6.07) is 16.3. The van der Waals surface area contributed by atoms with Gasteiger partial charge in [-0.3, -0.25) is 4.40 Å². The molecule has 2 saturated carbocycles. The Labute approximate surface area is 356 Å². The van der Waals surface area contributed by atoms with Gasteiger partial charge in [0.15, 0.2) is 11.6 Å². The molecule has 0 saturated heterocycles. The summed E-state index contributed by atoms with van der Waals surface area (Å²) >= 11 is 2.25. The smallest absolute Gasteiger partial charge is 0.251 e. The fourth-order valence-corrected chi connectivity index (χ4v) is 8.51. The van der Waals surface area contributed by atoms with Crippen molar-refractivity contribution in [2.24, 2.45) is 0 Å². The molecular weight excluding hydrogens is 854 g/mol. The van der Waals surface area contributed by atoms with Gasteiger partial charge in [0.25, 0.3) is 14.1 Å². The van der Waals surface area contributed by atoms with E-state index in [2.05, 4.69) is 104 Å². The lowest BCUT2D eigenvalue weighted by atomic mass is 10.1. The molecule has 0 radical (unpaired) electrons. The van der Waals surface area contributed by atoms with Crippen molar-refractivity contribution < 1.29 is 0 Å². The van der Waals surface area contributed by atoms with E-state index >= 15 is 0 Å². The number of halogens is 1. The third-order valence-electron chi connectivity index (χ3n) is 10.2. The van der Waals surface area contributed by atoms with Crippen molar-refractivity contribution in [2.45, 2.75) is 102 Å². The lowest BCUT2D eigenvalue weighted by Crippen LogP contribution is -2.06. The average Bonchev–Trinajstić information content (AvgIpc) is 4.02. The van der Waals surface area contributed by atoms with E-state index in [1.165, 1.54) is 15.1 Å². The molecule has 0 bridgehead atoms. The number of fused-ring (bicyclic) bond motifs is 2. The van der Waals surface area contributed by atoms with Gasteiger partial charge in [0.2, 0.25) is 0 Å². The second-order valence-corrected chi connectivity index (χ2v) is 20.5. The van der Waals surface area contributed by atoms with Crippen LogP contribution in [-0.4, -0.2) is 82.4 Å². The quantitative estimate of drug-likeness (QED) is 0.119. The van der Waals surface area contributed by atoms with Gasteiger partial charge < -0.3 is 4.40 Å². The van der Waals surface area contributed by atoms with Crippen molar-refractivity contribution in [3.8, 4) is 11.6 Å². The molecular formula is C42H48AlIN14. The SMILES string of the molecule is Cc1nc(C2C[C@H]2c2nc3ccccn3c2C)cc(-n2nc(C)nc2C)n1.Cc1nc(C2C[C@H]2c2nc3ccccn3c2I)cc(-n2nc(C)nc2C)n1.[CH3][Al]([CH3])[CH3]. The molecule has 0 N–H and O–H groups in total. The Bertz CT molecular complexity index is 2590. The Morgan fingerprint density at radius 2 is 0.983 bits per heavy atom. The van der Waals surface area contributed by atoms with Crippen LogP contribution in [0.4, 0.5) is 0 Å². The minimum absolute atomic E-state index is 0.139. The van der Waals surface area contributed by atoms with Gasteiger partial charge in [-0.1, -0.05) is 12.1 Å². The number of nitrogens with zero attached hydrogens (tertiary/aromatic N) is 14. The summed E-state index contributed by atoms with van der Waals surface area (Å²) in [5.74, 6) is 14.7. The predicted molar refractivity (Wildman–Crippen MR) is 234 cm³/mol. The van der Waals surface area contributed by atoms with Crippen molar-refractivity contribution in [3.05, 3.63) is 128 Å². The van der Waals surface area contributed by atoms with Gasteiger partial charge in [-0.15, -0.1) is 27.6 Å². The van der Waals surface area contributed by atoms with Crippen LogP contribution in [0.25, 0.3) is 22.9 Å². The zero-order valence-electron chi connectivity index (χ0n) is 34.7. The fraction of sp³-hybridized carbons (Fsp3) is 0.381. The van der Waals surface area contributed by atoms with Crippen LogP contribution in [0.1, 0.15) is 99.9 Å². The van der Waals surface area contributed by atoms with Crippen LogP contribution in [0.5, 0.6) is 0 Å². The van der Waals surface area contributed by atoms with Gasteiger partial charge >= 0.3 is 0 Å². The standard InChI is InChI=1S/C20H21N7.C19H18IN7.3CH3.Al/c1-11-20(24-18-7-5-6-8-26(11)18)16-9-15(16)17-10-19(23-12(2)22-17)27-14(4)21-13(3)25-27;1-10-22-15(9-17(23-10)27-12(3)21-11(2)25-27)13-8-14(13)18-19(20)26-7-5-4-6-16(26)24-18;;;;/h5-8,10,15-16H,9H2,1-4H3;4-7,9,13-14H,8H2,1-3H3;3*1H3;/t15?,16-;13?,14-;;;;/m11..../s1. The molecule has 8 aromatic rings. The van der Waals surface area contributed by atoms with E-state index in [1.807, 2.05) is 84.0 Å². The normalized spacial score (nSPS) is 18.1. The number of aryl methyl sites for hydroxylation is 7. The highest BCUT2D eigenvalue weighted by molar-refractivity contribution is 14.1. The van der Waals surface area contributed by atoms with Crippen LogP contribution < -0.4 is 0 Å². The zero-order valence-corrected chi connectivity index (χ0v) is 38.0. The van der Waals surface area contributed by atoms with Crippen LogP contribution in [0.2, 0.25) is 17.4 Å². The second kappa shape index (κ2) is 16.0. The number of rotatable bonds is 6. The van der Waals surface area contributed by atoms with Gasteiger partial charge in [0, 0.05) is 53.9 Å². The molecule has 2 aliphatic rings. The van der Waals surface area contributed by atoms with E-state index in [4.69, 9.17) is 19.9 Å². The first-order chi connectivity index (χ1) is 27.7. The van der Waals surface area contributed by atoms with Gasteiger partial charge in [0.05, 0.1) is 22.8 Å². The number of hydrogen-bond donors (Lipinski definition) is 0. The molecule has 2 fully saturated rings. The molecule has 10 rings (SSSR count). The molecule has 0 aromatic carbocycles. The summed E-state index contributed by atoms with van der Waals surface area (Å²) in [5.41, 5.74) is 7.68. The summed E-state index contributed by atoms with van der Waals surface area (Å²) in [6.07, 6.45) is 6.26. The lowest BCUT2D eigenvalue weighted by molar-refractivity contribution is 0.777. The van der Waals surface area contributed by atoms with E-state index in [1.54, 1.807) is 9.36 Å². The molecule has 14 nitrogen and oxygen atoms in total. The van der Waals surface area contributed by atoms with Gasteiger partial charge in [-0.2, -0.15) is 9.36 Å². The molecule has 16 heteroatoms. The zero-order chi connectivity index (χ0) is 41.0. The maximum Gasteiger partial charge on any atom is 0.251 e. The van der Waals surface area contributed by atoms with E-state index in [0.717, 1.165) is 87.8 Å². The molecule has 4 atom stereocenters. The third kappa shape index (κ3) is 8.19. The molecule has 2 aliphatic carbocycles. The highest BCUT2D eigenvalue weighted by Crippen LogP contribution is 2.55. The number of hydrogen-bond acceptors (Lipinski definition) is 10. The van der Waals surface area contributed by atoms with Crippen molar-refractivity contribution in [2.75, 3.05) is 0 Å². The van der Waals surface area contributed by atoms with E-state index in [-0.39, 0.29) is 14.1 Å². The Kier molecular flexibility index (Phi) is 11.0. The van der Waals surface area contributed by atoms with Crippen LogP contribution in [0, 0.1) is 52.2 Å². The summed E-state index contributed by atoms with van der Waals surface area (Å²) in [4.78, 5) is 37.0. The van der Waals surface area contributed by atoms with Gasteiger partial charge in [0.1, 0.15) is 49.9 Å². The highest BCUT2D eigenvalue weighted by Gasteiger charge is 2.45. The Morgan fingerprint density at radius 1 is 0.534 bits per heavy atom. The monoisotopic (exact) mass is 902 g/mol. The number of aromatic nitrogens is 14. The maximum atomic E-state index is 4.86. The minimum atomic E-state index is -0.139. The molecule has 8 heterocycles. The molecule has 2 unspecified atom stereocenters. The van der Waals surface area contributed by atoms with E-state index in [9.17, 15) is 0 Å². The number of imidazole rings is 2. The van der Waals surface area contributed by atoms with Crippen molar-refractivity contribution in [1.82, 2.24) is 68.2 Å². The summed E-state index contributed by atoms with van der Waals surface area (Å²) in [5, 5.41) is 8.92. The van der Waals surface area contributed by atoms with Crippen molar-refractivity contribution >= 4 is 48.0 Å². The van der Waals surface area contributed by atoms with Crippen LogP contribution >= 0.6 is 22.6 Å². The van der Waals surface area contributed by atoms with E-state index < -0.39 is 0 Å². The summed E-state index contributed by atoms with van der Waals surface area (Å²) in [7, 11) is 0. The predicted octanol–water partition coefficient (Wildman–Crippen LogP) is 8.09. The second-order valence-electron chi connectivity index (χ2n) is 16.0. The highest BCUT2D eigenvalue weighted by atomic mass is 127. The molecule has 0 spiro atoms. The fourth-order valence-electron chi connectivity index (χ4n) is 7.58. The largest absolute Gasteiger partial charge is 0.304 e. The lowest BCUT2D eigenvalue weighted by Gasteiger charge is -2.07. The first kappa shape index (κ1) is 39.9. The maximum absolute atomic E-state index is 4.86. The first-order valence-corrected chi connectivity index (χ1v) is 24.4. The molecule has 58 heavy (non-hydrogen) atoms. The van der Waals surface area contributed by atoms with E-state index in [0.29, 0.717) is 23.7 Å². The summed E-state index contributed by atoms with van der Waals surface area (Å²) in [6.45, 7) is 13.7.